The number of rotatable bonds is 3. The van der Waals surface area contributed by atoms with Crippen molar-refractivity contribution < 1.29 is 14.6 Å². The molecule has 20 heavy (non-hydrogen) atoms. The Labute approximate surface area is 127 Å². The summed E-state index contributed by atoms with van der Waals surface area (Å²) in [5.41, 5.74) is 5.55. The van der Waals surface area contributed by atoms with E-state index < -0.39 is 11.4 Å². The molecular formula is C13H16Cl2N2O3. The van der Waals surface area contributed by atoms with Gasteiger partial charge in [0, 0.05) is 18.9 Å². The first kappa shape index (κ1) is 15.4. The van der Waals surface area contributed by atoms with Crippen molar-refractivity contribution in [3.63, 3.8) is 0 Å². The molecule has 1 amide bonds. The Balaban J connectivity index is 2.23. The van der Waals surface area contributed by atoms with Crippen molar-refractivity contribution in [3.05, 3.63) is 27.7 Å². The van der Waals surface area contributed by atoms with Crippen molar-refractivity contribution in [2.24, 2.45) is 0 Å². The summed E-state index contributed by atoms with van der Waals surface area (Å²) < 4.78 is 5.25. The molecule has 1 saturated heterocycles. The van der Waals surface area contributed by atoms with Crippen LogP contribution in [-0.4, -0.2) is 36.4 Å². The molecule has 1 aromatic carbocycles. The summed E-state index contributed by atoms with van der Waals surface area (Å²) in [6.07, 6.45) is 1.09. The second-order valence-electron chi connectivity index (χ2n) is 4.87. The Kier molecular flexibility index (Phi) is 4.75. The predicted molar refractivity (Wildman–Crippen MR) is 78.2 cm³/mol. The zero-order valence-electron chi connectivity index (χ0n) is 10.8. The largest absolute Gasteiger partial charge is 0.399 e. The highest BCUT2D eigenvalue weighted by Crippen LogP contribution is 2.29. The zero-order chi connectivity index (χ0) is 14.8. The lowest BCUT2D eigenvalue weighted by Gasteiger charge is -2.36. The van der Waals surface area contributed by atoms with Crippen LogP contribution in [0, 0.1) is 0 Å². The van der Waals surface area contributed by atoms with Crippen LogP contribution in [0.5, 0.6) is 0 Å². The fraction of sp³-hybridized carbons (Fsp3) is 0.462. The summed E-state index contributed by atoms with van der Waals surface area (Å²) in [4.78, 5) is 12.3. The van der Waals surface area contributed by atoms with Gasteiger partial charge in [-0.25, -0.2) is 0 Å². The van der Waals surface area contributed by atoms with E-state index in [4.69, 9.17) is 33.7 Å². The van der Waals surface area contributed by atoms with Crippen LogP contribution >= 0.6 is 23.2 Å². The molecule has 1 fully saturated rings. The number of halogens is 2. The predicted octanol–water partition coefficient (Wildman–Crippen LogP) is 1.85. The molecule has 0 unspecified atom stereocenters. The number of nitrogen functional groups attached to an aromatic ring is 1. The van der Waals surface area contributed by atoms with Crippen LogP contribution < -0.4 is 11.1 Å². The minimum absolute atomic E-state index is 0.151. The van der Waals surface area contributed by atoms with E-state index in [1.54, 1.807) is 0 Å². The van der Waals surface area contributed by atoms with Crippen molar-refractivity contribution in [2.75, 3.05) is 25.6 Å². The highest BCUT2D eigenvalue weighted by molar-refractivity contribution is 6.44. The van der Waals surface area contributed by atoms with Gasteiger partial charge in [0.2, 0.25) is 0 Å². The maximum absolute atomic E-state index is 12.3. The van der Waals surface area contributed by atoms with Crippen molar-refractivity contribution >= 4 is 34.8 Å². The lowest BCUT2D eigenvalue weighted by Crippen LogP contribution is -2.54. The molecule has 2 rings (SSSR count). The van der Waals surface area contributed by atoms with E-state index in [0.717, 1.165) is 0 Å². The number of carbonyl (C=O) groups excluding carboxylic acids is 1. The standard InChI is InChI=1S/C13H16Cl2N2O3/c14-10-6-8(16)5-9(11(10)15)12(19)17-13(7-18)1-3-20-4-2-13/h5-6,18H,1-4,7,16H2,(H,17,19). The Bertz CT molecular complexity index is 517. The molecule has 0 aromatic heterocycles. The molecule has 0 saturated carbocycles. The minimum atomic E-state index is -0.685. The van der Waals surface area contributed by atoms with Crippen LogP contribution in [0.4, 0.5) is 5.69 Å². The van der Waals surface area contributed by atoms with Gasteiger partial charge >= 0.3 is 0 Å². The van der Waals surface area contributed by atoms with E-state index in [2.05, 4.69) is 5.32 Å². The third-order valence-electron chi connectivity index (χ3n) is 3.43. The second-order valence-corrected chi connectivity index (χ2v) is 5.65. The van der Waals surface area contributed by atoms with Gasteiger partial charge in [-0.2, -0.15) is 0 Å². The topological polar surface area (TPSA) is 84.6 Å². The number of nitrogens with one attached hydrogen (secondary N) is 1. The number of carbonyl (C=O) groups is 1. The van der Waals surface area contributed by atoms with Crippen molar-refractivity contribution in [2.45, 2.75) is 18.4 Å². The van der Waals surface area contributed by atoms with E-state index in [-0.39, 0.29) is 22.2 Å². The highest BCUT2D eigenvalue weighted by Gasteiger charge is 2.34. The second kappa shape index (κ2) is 6.18. The number of anilines is 1. The van der Waals surface area contributed by atoms with Crippen LogP contribution in [0.15, 0.2) is 12.1 Å². The SMILES string of the molecule is Nc1cc(Cl)c(Cl)c(C(=O)NC2(CO)CCOCC2)c1. The lowest BCUT2D eigenvalue weighted by molar-refractivity contribution is 0.0125. The van der Waals surface area contributed by atoms with E-state index in [1.807, 2.05) is 0 Å². The molecule has 4 N–H and O–H groups in total. The minimum Gasteiger partial charge on any atom is -0.399 e. The molecule has 110 valence electrons. The molecule has 7 heteroatoms. The number of aliphatic hydroxyl groups is 1. The third kappa shape index (κ3) is 3.17. The van der Waals surface area contributed by atoms with Gasteiger partial charge in [-0.3, -0.25) is 4.79 Å². The fourth-order valence-electron chi connectivity index (χ4n) is 2.17. The first-order valence-corrected chi connectivity index (χ1v) is 6.99. The van der Waals surface area contributed by atoms with Gasteiger partial charge in [0.15, 0.2) is 0 Å². The first-order valence-electron chi connectivity index (χ1n) is 6.23. The van der Waals surface area contributed by atoms with E-state index in [0.29, 0.717) is 31.7 Å². The van der Waals surface area contributed by atoms with Crippen LogP contribution in [0.2, 0.25) is 10.0 Å². The molecule has 0 radical (unpaired) electrons. The number of aliphatic hydroxyl groups excluding tert-OH is 1. The molecule has 0 atom stereocenters. The smallest absolute Gasteiger partial charge is 0.253 e. The Morgan fingerprint density at radius 2 is 2.05 bits per heavy atom. The van der Waals surface area contributed by atoms with Crippen LogP contribution in [0.3, 0.4) is 0 Å². The van der Waals surface area contributed by atoms with Gasteiger partial charge in [0.1, 0.15) is 0 Å². The van der Waals surface area contributed by atoms with Gasteiger partial charge < -0.3 is 20.9 Å². The Morgan fingerprint density at radius 3 is 2.65 bits per heavy atom. The molecule has 1 aromatic rings. The van der Waals surface area contributed by atoms with E-state index in [1.165, 1.54) is 12.1 Å². The van der Waals surface area contributed by atoms with E-state index in [9.17, 15) is 9.90 Å². The summed E-state index contributed by atoms with van der Waals surface area (Å²) in [6.45, 7) is 0.828. The summed E-state index contributed by atoms with van der Waals surface area (Å²) >= 11 is 11.9. The number of nitrogens with two attached hydrogens (primary N) is 1. The van der Waals surface area contributed by atoms with E-state index >= 15 is 0 Å². The van der Waals surface area contributed by atoms with Gasteiger partial charge in [-0.15, -0.1) is 0 Å². The van der Waals surface area contributed by atoms with Crippen LogP contribution in [0.25, 0.3) is 0 Å². The number of ether oxygens (including phenoxy) is 1. The molecule has 5 nitrogen and oxygen atoms in total. The van der Waals surface area contributed by atoms with Crippen LogP contribution in [0.1, 0.15) is 23.2 Å². The highest BCUT2D eigenvalue weighted by atomic mass is 35.5. The van der Waals surface area contributed by atoms with Gasteiger partial charge in [0.25, 0.3) is 5.91 Å². The van der Waals surface area contributed by atoms with Gasteiger partial charge in [0.05, 0.1) is 27.8 Å². The average Bonchev–Trinajstić information content (AvgIpc) is 2.43. The van der Waals surface area contributed by atoms with Crippen molar-refractivity contribution in [1.82, 2.24) is 5.32 Å². The molecule has 0 bridgehead atoms. The van der Waals surface area contributed by atoms with Crippen LogP contribution in [-0.2, 0) is 4.74 Å². The Hall–Kier alpha value is -1.01. The van der Waals surface area contributed by atoms with Crippen molar-refractivity contribution in [3.8, 4) is 0 Å². The summed E-state index contributed by atoms with van der Waals surface area (Å²) in [6, 6.07) is 2.95. The molecule has 0 aliphatic carbocycles. The van der Waals surface area contributed by atoms with Crippen molar-refractivity contribution in [1.29, 1.82) is 0 Å². The van der Waals surface area contributed by atoms with Gasteiger partial charge in [-0.05, 0) is 25.0 Å². The number of hydrogen-bond acceptors (Lipinski definition) is 4. The summed E-state index contributed by atoms with van der Waals surface area (Å²) in [5.74, 6) is -0.403. The number of hydrogen-bond donors (Lipinski definition) is 3. The zero-order valence-corrected chi connectivity index (χ0v) is 12.3. The average molecular weight is 319 g/mol. The monoisotopic (exact) mass is 318 g/mol. The summed E-state index contributed by atoms with van der Waals surface area (Å²) in [5, 5.41) is 12.8. The quantitative estimate of drug-likeness (QED) is 0.742. The number of benzene rings is 1. The van der Waals surface area contributed by atoms with Gasteiger partial charge in [-0.1, -0.05) is 23.2 Å². The molecule has 0 spiro atoms. The summed E-state index contributed by atoms with van der Waals surface area (Å²) in [7, 11) is 0. The number of amides is 1. The molecule has 1 heterocycles. The maximum atomic E-state index is 12.3. The molecule has 1 aliphatic heterocycles. The first-order chi connectivity index (χ1) is 9.47. The normalized spacial score (nSPS) is 17.8. The maximum Gasteiger partial charge on any atom is 0.253 e. The lowest BCUT2D eigenvalue weighted by atomic mass is 9.90. The molecular weight excluding hydrogens is 303 g/mol. The fourth-order valence-corrected chi connectivity index (χ4v) is 2.59. The third-order valence-corrected chi connectivity index (χ3v) is 4.23. The molecule has 1 aliphatic rings. The Morgan fingerprint density at radius 1 is 1.40 bits per heavy atom.